The third kappa shape index (κ3) is 4.71. The average molecular weight is 526 g/mol. The fourth-order valence-corrected chi connectivity index (χ4v) is 4.38. The third-order valence-electron chi connectivity index (χ3n) is 4.84. The number of hydrogen-bond acceptors (Lipinski definition) is 4. The first-order chi connectivity index (χ1) is 14.8. The molecule has 1 amide bonds. The van der Waals surface area contributed by atoms with Crippen molar-refractivity contribution in [3.63, 3.8) is 0 Å². The molecule has 3 aromatic rings. The smallest absolute Gasteiger partial charge is 0.435 e. The van der Waals surface area contributed by atoms with Gasteiger partial charge in [-0.15, -0.1) is 4.99 Å². The fraction of sp³-hybridized carbons (Fsp3) is 0.190. The minimum atomic E-state index is -1.36. The van der Waals surface area contributed by atoms with E-state index in [1.54, 1.807) is 24.4 Å². The zero-order valence-corrected chi connectivity index (χ0v) is 18.9. The van der Waals surface area contributed by atoms with Crippen LogP contribution in [0, 0.1) is 5.92 Å². The number of nitrogens with zero attached hydrogens (tertiary/aromatic N) is 2. The summed E-state index contributed by atoms with van der Waals surface area (Å²) < 4.78 is 13.2. The molecule has 1 aromatic heterocycles. The summed E-state index contributed by atoms with van der Waals surface area (Å²) in [6, 6.07) is 8.86. The van der Waals surface area contributed by atoms with Crippen LogP contribution in [0.3, 0.4) is 0 Å². The monoisotopic (exact) mass is 524 g/mol. The lowest BCUT2D eigenvalue weighted by Crippen LogP contribution is -2.30. The molecule has 0 spiro atoms. The molecule has 1 unspecified atom stereocenters. The van der Waals surface area contributed by atoms with Gasteiger partial charge in [-0.25, -0.2) is 4.79 Å². The van der Waals surface area contributed by atoms with E-state index in [-0.39, 0.29) is 30.5 Å². The number of rotatable bonds is 4. The van der Waals surface area contributed by atoms with Gasteiger partial charge in [-0.05, 0) is 57.7 Å². The minimum absolute atomic E-state index is 0.0393. The molecule has 1 aliphatic heterocycles. The third-order valence-corrected chi connectivity index (χ3v) is 6.17. The van der Waals surface area contributed by atoms with Gasteiger partial charge in [0.2, 0.25) is 0 Å². The maximum absolute atomic E-state index is 13.2. The van der Waals surface area contributed by atoms with Crippen molar-refractivity contribution in [2.45, 2.75) is 13.0 Å². The van der Waals surface area contributed by atoms with Crippen LogP contribution in [0.25, 0.3) is 0 Å². The van der Waals surface area contributed by atoms with Crippen molar-refractivity contribution >= 4 is 51.0 Å². The second-order valence-electron chi connectivity index (χ2n) is 6.99. The number of carbonyl (C=O) groups excluding carboxylic acids is 1. The zero-order valence-electron chi connectivity index (χ0n) is 15.8. The second-order valence-corrected chi connectivity index (χ2v) is 8.66. The Morgan fingerprint density at radius 2 is 2.03 bits per heavy atom. The van der Waals surface area contributed by atoms with Crippen LogP contribution in [0.5, 0.6) is 5.75 Å². The van der Waals surface area contributed by atoms with E-state index in [1.165, 1.54) is 10.8 Å². The van der Waals surface area contributed by atoms with Gasteiger partial charge in [-0.1, -0.05) is 29.3 Å². The Kier molecular flexibility index (Phi) is 6.22. The molecule has 0 saturated heterocycles. The van der Waals surface area contributed by atoms with Crippen LogP contribution in [-0.2, 0) is 13.0 Å². The van der Waals surface area contributed by atoms with E-state index in [0.29, 0.717) is 32.3 Å². The van der Waals surface area contributed by atoms with Crippen molar-refractivity contribution in [1.82, 2.24) is 4.57 Å². The number of benzene rings is 2. The van der Waals surface area contributed by atoms with E-state index < -0.39 is 6.09 Å². The lowest BCUT2D eigenvalue weighted by molar-refractivity contribution is 0.0829. The number of amides is 1. The number of aromatic nitrogens is 1. The summed E-state index contributed by atoms with van der Waals surface area (Å²) in [5.74, 6) is 0.0836. The van der Waals surface area contributed by atoms with Gasteiger partial charge in [0.1, 0.15) is 12.0 Å². The predicted molar refractivity (Wildman–Crippen MR) is 117 cm³/mol. The van der Waals surface area contributed by atoms with Crippen LogP contribution in [0.15, 0.2) is 56.7 Å². The van der Waals surface area contributed by atoms with Crippen LogP contribution in [-0.4, -0.2) is 28.2 Å². The van der Waals surface area contributed by atoms with Gasteiger partial charge in [0.05, 0.1) is 39.2 Å². The second kappa shape index (κ2) is 8.90. The lowest BCUT2D eigenvalue weighted by atomic mass is 9.89. The molecule has 1 N–H and O–H groups in total. The van der Waals surface area contributed by atoms with Crippen molar-refractivity contribution in [2.75, 3.05) is 6.61 Å². The standard InChI is InChI=1S/C21H15BrCl2N2O5/c22-15-7-12(9-26-3-4-30-20(26)25-21(28)29)6-14-18(27)13(10-31-19(14)15)5-11-1-2-16(23)17(24)8-11/h1-4,6-8,13H,5,9-10H2,(H,28,29). The molecule has 0 aliphatic carbocycles. The number of hydrogen-bond donors (Lipinski definition) is 1. The zero-order chi connectivity index (χ0) is 22.1. The van der Waals surface area contributed by atoms with Gasteiger partial charge < -0.3 is 14.3 Å². The van der Waals surface area contributed by atoms with E-state index in [4.69, 9.17) is 37.5 Å². The topological polar surface area (TPSA) is 94.0 Å². The number of ketones is 1. The number of carboxylic acid groups (broad SMARTS) is 1. The molecule has 7 nitrogen and oxygen atoms in total. The van der Waals surface area contributed by atoms with Crippen molar-refractivity contribution in [3.8, 4) is 5.75 Å². The normalized spacial score (nSPS) is 16.2. The molecule has 4 rings (SSSR count). The van der Waals surface area contributed by atoms with Crippen LogP contribution < -0.4 is 10.4 Å². The van der Waals surface area contributed by atoms with Crippen LogP contribution in [0.1, 0.15) is 21.5 Å². The van der Waals surface area contributed by atoms with E-state index >= 15 is 0 Å². The van der Waals surface area contributed by atoms with Gasteiger partial charge in [0.15, 0.2) is 5.78 Å². The van der Waals surface area contributed by atoms with Gasteiger partial charge in [0, 0.05) is 6.20 Å². The highest BCUT2D eigenvalue weighted by molar-refractivity contribution is 9.10. The van der Waals surface area contributed by atoms with Gasteiger partial charge in [0.25, 0.3) is 0 Å². The van der Waals surface area contributed by atoms with Gasteiger partial charge in [-0.2, -0.15) is 0 Å². The molecule has 0 fully saturated rings. The number of oxazole rings is 1. The van der Waals surface area contributed by atoms with Crippen molar-refractivity contribution in [2.24, 2.45) is 10.9 Å². The summed E-state index contributed by atoms with van der Waals surface area (Å²) in [5.41, 5.74) is 2.05. The number of carbonyl (C=O) groups is 2. The SMILES string of the molecule is O=C(O)N=c1occn1Cc1cc(Br)c2c(c1)C(=O)C(Cc1ccc(Cl)c(Cl)c1)CO2. The number of halogens is 3. The predicted octanol–water partition coefficient (Wildman–Crippen LogP) is 5.21. The fourth-order valence-electron chi connectivity index (χ4n) is 3.44. The lowest BCUT2D eigenvalue weighted by Gasteiger charge is -2.26. The summed E-state index contributed by atoms with van der Waals surface area (Å²) in [6.45, 7) is 0.515. The Morgan fingerprint density at radius 3 is 2.77 bits per heavy atom. The molecule has 10 heteroatoms. The Bertz CT molecular complexity index is 1250. The van der Waals surface area contributed by atoms with Crippen molar-refractivity contribution < 1.29 is 23.8 Å². The summed E-state index contributed by atoms with van der Waals surface area (Å²) in [6.07, 6.45) is 2.02. The summed E-state index contributed by atoms with van der Waals surface area (Å²) in [4.78, 5) is 27.5. The Hall–Kier alpha value is -2.55. The largest absolute Gasteiger partial charge is 0.491 e. The molecular formula is C21H15BrCl2N2O5. The molecule has 2 aromatic carbocycles. The first-order valence-electron chi connectivity index (χ1n) is 9.17. The highest BCUT2D eigenvalue weighted by Crippen LogP contribution is 2.37. The molecule has 31 heavy (non-hydrogen) atoms. The molecule has 0 radical (unpaired) electrons. The van der Waals surface area contributed by atoms with E-state index in [9.17, 15) is 9.59 Å². The van der Waals surface area contributed by atoms with Gasteiger partial charge in [-0.3, -0.25) is 9.36 Å². The first-order valence-corrected chi connectivity index (χ1v) is 10.7. The maximum atomic E-state index is 13.2. The molecule has 0 saturated carbocycles. The molecule has 1 aliphatic rings. The Balaban J connectivity index is 1.61. The summed E-state index contributed by atoms with van der Waals surface area (Å²) in [5, 5.41) is 9.77. The number of ether oxygens (including phenoxy) is 1. The van der Waals surface area contributed by atoms with Crippen molar-refractivity contribution in [3.05, 3.63) is 79.7 Å². The van der Waals surface area contributed by atoms with E-state index in [2.05, 4.69) is 20.9 Å². The average Bonchev–Trinajstić information content (AvgIpc) is 3.13. The van der Waals surface area contributed by atoms with E-state index in [0.717, 1.165) is 11.1 Å². The highest BCUT2D eigenvalue weighted by Gasteiger charge is 2.31. The summed E-state index contributed by atoms with van der Waals surface area (Å²) in [7, 11) is 0. The van der Waals surface area contributed by atoms with Crippen molar-refractivity contribution in [1.29, 1.82) is 0 Å². The quantitative estimate of drug-likeness (QED) is 0.504. The Labute approximate surface area is 195 Å². The number of Topliss-reactive ketones (excluding diaryl/α,β-unsaturated/α-hetero) is 1. The first kappa shape index (κ1) is 21.7. The van der Waals surface area contributed by atoms with Crippen LogP contribution in [0.2, 0.25) is 10.0 Å². The molecule has 0 bridgehead atoms. The van der Waals surface area contributed by atoms with Gasteiger partial charge >= 0.3 is 11.8 Å². The molecule has 160 valence electrons. The number of fused-ring (bicyclic) bond motifs is 1. The highest BCUT2D eigenvalue weighted by atomic mass is 79.9. The van der Waals surface area contributed by atoms with Crippen LogP contribution in [0.4, 0.5) is 4.79 Å². The molecule has 1 atom stereocenters. The summed E-state index contributed by atoms with van der Waals surface area (Å²) >= 11 is 15.5. The molecular weight excluding hydrogens is 511 g/mol. The Morgan fingerprint density at radius 1 is 1.23 bits per heavy atom. The van der Waals surface area contributed by atoms with E-state index in [1.807, 2.05) is 12.1 Å². The van der Waals surface area contributed by atoms with Crippen LogP contribution >= 0.6 is 39.1 Å². The molecule has 2 heterocycles. The minimum Gasteiger partial charge on any atom is -0.491 e. The maximum Gasteiger partial charge on any atom is 0.435 e.